The van der Waals surface area contributed by atoms with Crippen LogP contribution in [0.25, 0.3) is 10.9 Å². The highest BCUT2D eigenvalue weighted by atomic mass is 79.9. The first-order valence-corrected chi connectivity index (χ1v) is 8.68. The normalized spacial score (nSPS) is 14.6. The SMILES string of the molecule is CC(C)(CO)NC(=O)c1cn(CC2=NCCN2)c2cc(Br)ccc12. The molecule has 6 nitrogen and oxygen atoms in total. The Kier molecular flexibility index (Phi) is 4.64. The molecule has 0 unspecified atom stereocenters. The van der Waals surface area contributed by atoms with Crippen molar-refractivity contribution in [2.75, 3.05) is 19.7 Å². The number of nitrogens with zero attached hydrogens (tertiary/aromatic N) is 2. The Morgan fingerprint density at radius 1 is 1.50 bits per heavy atom. The molecule has 0 saturated carbocycles. The van der Waals surface area contributed by atoms with Crippen LogP contribution in [-0.2, 0) is 6.54 Å². The quantitative estimate of drug-likeness (QED) is 0.726. The van der Waals surface area contributed by atoms with E-state index in [0.717, 1.165) is 34.3 Å². The number of amidine groups is 1. The molecule has 0 saturated heterocycles. The van der Waals surface area contributed by atoms with E-state index in [-0.39, 0.29) is 12.5 Å². The van der Waals surface area contributed by atoms with E-state index < -0.39 is 5.54 Å². The number of carbonyl (C=O) groups excluding carboxylic acids is 1. The number of halogens is 1. The van der Waals surface area contributed by atoms with Gasteiger partial charge in [0.05, 0.1) is 36.3 Å². The maximum atomic E-state index is 12.7. The van der Waals surface area contributed by atoms with Gasteiger partial charge in [-0.1, -0.05) is 22.0 Å². The van der Waals surface area contributed by atoms with Gasteiger partial charge in [-0.2, -0.15) is 0 Å². The molecule has 0 aliphatic carbocycles. The lowest BCUT2D eigenvalue weighted by Gasteiger charge is -2.23. The molecular formula is C17H21BrN4O2. The van der Waals surface area contributed by atoms with Crippen molar-refractivity contribution >= 4 is 38.6 Å². The van der Waals surface area contributed by atoms with Crippen molar-refractivity contribution in [3.05, 3.63) is 34.4 Å². The molecule has 2 aromatic rings. The number of hydrogen-bond acceptors (Lipinski definition) is 4. The van der Waals surface area contributed by atoms with Crippen LogP contribution < -0.4 is 10.6 Å². The van der Waals surface area contributed by atoms with Gasteiger partial charge in [-0.15, -0.1) is 0 Å². The summed E-state index contributed by atoms with van der Waals surface area (Å²) in [5.74, 6) is 0.732. The van der Waals surface area contributed by atoms with Gasteiger partial charge in [-0.05, 0) is 26.0 Å². The van der Waals surface area contributed by atoms with Crippen molar-refractivity contribution < 1.29 is 9.90 Å². The van der Waals surface area contributed by atoms with E-state index in [2.05, 4.69) is 31.6 Å². The van der Waals surface area contributed by atoms with E-state index >= 15 is 0 Å². The highest BCUT2D eigenvalue weighted by Crippen LogP contribution is 2.26. The summed E-state index contributed by atoms with van der Waals surface area (Å²) in [6.07, 6.45) is 1.85. The van der Waals surface area contributed by atoms with Crippen LogP contribution in [0.4, 0.5) is 0 Å². The van der Waals surface area contributed by atoms with Gasteiger partial charge < -0.3 is 20.3 Å². The molecular weight excluding hydrogens is 372 g/mol. The Hall–Kier alpha value is -1.86. The number of aromatic nitrogens is 1. The Morgan fingerprint density at radius 3 is 2.96 bits per heavy atom. The number of hydrogen-bond donors (Lipinski definition) is 3. The van der Waals surface area contributed by atoms with E-state index in [0.29, 0.717) is 12.1 Å². The van der Waals surface area contributed by atoms with Gasteiger partial charge >= 0.3 is 0 Å². The number of amides is 1. The number of fused-ring (bicyclic) bond motifs is 1. The van der Waals surface area contributed by atoms with Gasteiger partial charge in [-0.25, -0.2) is 0 Å². The number of aliphatic hydroxyl groups excluding tert-OH is 1. The summed E-state index contributed by atoms with van der Waals surface area (Å²) in [6, 6.07) is 5.85. The van der Waals surface area contributed by atoms with E-state index in [1.165, 1.54) is 0 Å². The fourth-order valence-electron chi connectivity index (χ4n) is 2.71. The molecule has 1 aromatic carbocycles. The number of rotatable bonds is 5. The first kappa shape index (κ1) is 17.0. The van der Waals surface area contributed by atoms with Crippen LogP contribution in [0.1, 0.15) is 24.2 Å². The van der Waals surface area contributed by atoms with Crippen LogP contribution in [0.2, 0.25) is 0 Å². The Bertz CT molecular complexity index is 810. The van der Waals surface area contributed by atoms with Crippen molar-refractivity contribution in [2.45, 2.75) is 25.9 Å². The first-order valence-electron chi connectivity index (χ1n) is 7.88. The molecule has 0 fully saturated rings. The third-order valence-corrected chi connectivity index (χ3v) is 4.49. The first-order chi connectivity index (χ1) is 11.4. The topological polar surface area (TPSA) is 78.7 Å². The summed E-state index contributed by atoms with van der Waals surface area (Å²) in [5.41, 5.74) is 0.892. The number of carbonyl (C=O) groups is 1. The molecule has 0 radical (unpaired) electrons. The van der Waals surface area contributed by atoms with Crippen LogP contribution in [0, 0.1) is 0 Å². The van der Waals surface area contributed by atoms with Gasteiger partial charge in [0.1, 0.15) is 5.84 Å². The van der Waals surface area contributed by atoms with Crippen molar-refractivity contribution in [2.24, 2.45) is 4.99 Å². The van der Waals surface area contributed by atoms with Crippen LogP contribution in [-0.4, -0.2) is 46.7 Å². The fourth-order valence-corrected chi connectivity index (χ4v) is 3.05. The van der Waals surface area contributed by atoms with Gasteiger partial charge in [0.2, 0.25) is 0 Å². The van der Waals surface area contributed by atoms with E-state index in [9.17, 15) is 9.90 Å². The second kappa shape index (κ2) is 6.57. The minimum absolute atomic E-state index is 0.121. The van der Waals surface area contributed by atoms with E-state index in [4.69, 9.17) is 0 Å². The van der Waals surface area contributed by atoms with Gasteiger partial charge in [0, 0.05) is 22.6 Å². The number of aliphatic imine (C=N–C) groups is 1. The molecule has 0 spiro atoms. The Labute approximate surface area is 149 Å². The lowest BCUT2D eigenvalue weighted by molar-refractivity contribution is 0.0871. The molecule has 1 amide bonds. The van der Waals surface area contributed by atoms with Gasteiger partial charge in [0.25, 0.3) is 5.91 Å². The smallest absolute Gasteiger partial charge is 0.253 e. The highest BCUT2D eigenvalue weighted by molar-refractivity contribution is 9.10. The molecule has 1 aromatic heterocycles. The Balaban J connectivity index is 2.00. The van der Waals surface area contributed by atoms with Crippen LogP contribution >= 0.6 is 15.9 Å². The van der Waals surface area contributed by atoms with Crippen molar-refractivity contribution in [1.82, 2.24) is 15.2 Å². The lowest BCUT2D eigenvalue weighted by atomic mass is 10.1. The molecule has 3 rings (SSSR count). The van der Waals surface area contributed by atoms with E-state index in [1.807, 2.05) is 29.0 Å². The summed E-state index contributed by atoms with van der Waals surface area (Å²) < 4.78 is 2.98. The number of nitrogens with one attached hydrogen (secondary N) is 2. The monoisotopic (exact) mass is 392 g/mol. The van der Waals surface area contributed by atoms with Crippen LogP contribution in [0.3, 0.4) is 0 Å². The third kappa shape index (κ3) is 3.47. The molecule has 7 heteroatoms. The maximum absolute atomic E-state index is 12.7. The molecule has 0 atom stereocenters. The zero-order valence-electron chi connectivity index (χ0n) is 13.8. The standard InChI is InChI=1S/C17H21BrN4O2/c1-17(2,10-23)21-16(24)13-8-22(9-15-19-5-6-20-15)14-7-11(18)3-4-12(13)14/h3-4,7-8,23H,5-6,9-10H2,1-2H3,(H,19,20)(H,21,24). The average Bonchev–Trinajstić information content (AvgIpc) is 3.15. The Morgan fingerprint density at radius 2 is 2.29 bits per heavy atom. The zero-order chi connectivity index (χ0) is 17.3. The average molecular weight is 393 g/mol. The summed E-state index contributed by atoms with van der Waals surface area (Å²) in [7, 11) is 0. The van der Waals surface area contributed by atoms with Crippen LogP contribution in [0.5, 0.6) is 0 Å². The number of aliphatic hydroxyl groups is 1. The highest BCUT2D eigenvalue weighted by Gasteiger charge is 2.23. The zero-order valence-corrected chi connectivity index (χ0v) is 15.4. The number of benzene rings is 1. The molecule has 2 heterocycles. The third-order valence-electron chi connectivity index (χ3n) is 4.00. The largest absolute Gasteiger partial charge is 0.394 e. The maximum Gasteiger partial charge on any atom is 0.253 e. The van der Waals surface area contributed by atoms with Gasteiger partial charge in [-0.3, -0.25) is 9.79 Å². The van der Waals surface area contributed by atoms with Crippen LogP contribution in [0.15, 0.2) is 33.9 Å². The van der Waals surface area contributed by atoms with Crippen molar-refractivity contribution in [3.8, 4) is 0 Å². The second-order valence-electron chi connectivity index (χ2n) is 6.58. The minimum Gasteiger partial charge on any atom is -0.394 e. The summed E-state index contributed by atoms with van der Waals surface area (Å²) >= 11 is 3.49. The summed E-state index contributed by atoms with van der Waals surface area (Å²) in [6.45, 7) is 5.70. The second-order valence-corrected chi connectivity index (χ2v) is 7.50. The summed E-state index contributed by atoms with van der Waals surface area (Å²) in [5, 5.41) is 16.4. The summed E-state index contributed by atoms with van der Waals surface area (Å²) in [4.78, 5) is 17.1. The molecule has 1 aliphatic heterocycles. The van der Waals surface area contributed by atoms with Crippen molar-refractivity contribution in [1.29, 1.82) is 0 Å². The predicted octanol–water partition coefficient (Wildman–Crippen LogP) is 1.91. The van der Waals surface area contributed by atoms with E-state index in [1.54, 1.807) is 13.8 Å². The van der Waals surface area contributed by atoms with Crippen molar-refractivity contribution in [3.63, 3.8) is 0 Å². The minimum atomic E-state index is -0.669. The fraction of sp³-hybridized carbons (Fsp3) is 0.412. The molecule has 0 bridgehead atoms. The molecule has 24 heavy (non-hydrogen) atoms. The molecule has 3 N–H and O–H groups in total. The lowest BCUT2D eigenvalue weighted by Crippen LogP contribution is -2.46. The van der Waals surface area contributed by atoms with Gasteiger partial charge in [0.15, 0.2) is 0 Å². The molecule has 1 aliphatic rings. The molecule has 128 valence electrons. The predicted molar refractivity (Wildman–Crippen MR) is 98.6 cm³/mol.